The first-order valence-electron chi connectivity index (χ1n) is 4.53. The minimum atomic E-state index is -3.43. The number of nitrogens with two attached hydrogens (primary N) is 1. The van der Waals surface area contributed by atoms with Gasteiger partial charge in [0.05, 0.1) is 18.4 Å². The molecule has 1 aliphatic rings. The lowest BCUT2D eigenvalue weighted by Gasteiger charge is -2.48. The number of hydrogen-bond donors (Lipinski definition) is 4. The zero-order valence-corrected chi connectivity index (χ0v) is 8.71. The molecular formula is C8H8N2O8-2. The topological polar surface area (TPSA) is 193 Å². The quantitative estimate of drug-likeness (QED) is 0.384. The Morgan fingerprint density at radius 2 is 1.78 bits per heavy atom. The predicted molar refractivity (Wildman–Crippen MR) is 45.4 cm³/mol. The van der Waals surface area contributed by atoms with Gasteiger partial charge in [0.25, 0.3) is 0 Å². The Bertz CT molecular complexity index is 416. The van der Waals surface area contributed by atoms with Crippen LogP contribution in [0.25, 0.3) is 0 Å². The number of carbonyl (C=O) groups is 4. The molecule has 1 fully saturated rings. The van der Waals surface area contributed by atoms with E-state index < -0.39 is 47.4 Å². The Kier molecular flexibility index (Phi) is 3.02. The third kappa shape index (κ3) is 1.76. The minimum absolute atomic E-state index is 1.20. The molecule has 18 heavy (non-hydrogen) atoms. The monoisotopic (exact) mass is 260 g/mol. The van der Waals surface area contributed by atoms with Gasteiger partial charge in [0, 0.05) is 0 Å². The van der Waals surface area contributed by atoms with Crippen LogP contribution in [0.2, 0.25) is 0 Å². The van der Waals surface area contributed by atoms with Crippen molar-refractivity contribution in [2.75, 3.05) is 0 Å². The van der Waals surface area contributed by atoms with Gasteiger partial charge in [0.2, 0.25) is 11.8 Å². The van der Waals surface area contributed by atoms with E-state index in [4.69, 9.17) is 5.73 Å². The Hall–Kier alpha value is -2.20. The lowest BCUT2D eigenvalue weighted by atomic mass is 9.73. The van der Waals surface area contributed by atoms with E-state index in [-0.39, 0.29) is 0 Å². The molecule has 1 rings (SSSR count). The fourth-order valence-corrected chi connectivity index (χ4v) is 1.82. The van der Waals surface area contributed by atoms with Crippen LogP contribution in [0.1, 0.15) is 6.42 Å². The molecule has 100 valence electrons. The summed E-state index contributed by atoms with van der Waals surface area (Å²) in [5, 5.41) is 42.2. The largest absolute Gasteiger partial charge is 0.547 e. The average molecular weight is 260 g/mol. The van der Waals surface area contributed by atoms with Gasteiger partial charge in [-0.1, -0.05) is 0 Å². The summed E-state index contributed by atoms with van der Waals surface area (Å²) in [6.45, 7) is 0. The zero-order valence-electron chi connectivity index (χ0n) is 8.71. The van der Waals surface area contributed by atoms with Crippen molar-refractivity contribution in [1.82, 2.24) is 5.32 Å². The summed E-state index contributed by atoms with van der Waals surface area (Å²) < 4.78 is 0. The molecule has 0 spiro atoms. The lowest BCUT2D eigenvalue weighted by molar-refractivity contribution is -0.347. The highest BCUT2D eigenvalue weighted by atomic mass is 16.4. The summed E-state index contributed by atoms with van der Waals surface area (Å²) in [6.07, 6.45) is -1.20. The van der Waals surface area contributed by atoms with Gasteiger partial charge >= 0.3 is 0 Å². The summed E-state index contributed by atoms with van der Waals surface area (Å²) in [4.78, 5) is 43.7. The molecule has 3 atom stereocenters. The average Bonchev–Trinajstić information content (AvgIpc) is 2.14. The predicted octanol–water partition coefficient (Wildman–Crippen LogP) is -6.47. The highest BCUT2D eigenvalue weighted by Crippen LogP contribution is 2.33. The molecule has 0 aromatic heterocycles. The fraction of sp³-hybridized carbons (Fsp3) is 0.500. The van der Waals surface area contributed by atoms with Gasteiger partial charge in [0.15, 0.2) is 5.72 Å². The van der Waals surface area contributed by atoms with Crippen molar-refractivity contribution < 1.29 is 39.6 Å². The molecule has 1 aliphatic heterocycles. The smallest absolute Gasteiger partial charge is 0.229 e. The first-order valence-corrected chi connectivity index (χ1v) is 4.53. The number of carboxylic acids is 2. The van der Waals surface area contributed by atoms with Crippen molar-refractivity contribution in [3.05, 3.63) is 0 Å². The second-order valence-corrected chi connectivity index (χ2v) is 3.83. The number of piperidine rings is 1. The van der Waals surface area contributed by atoms with Gasteiger partial charge in [-0.3, -0.25) is 9.59 Å². The molecule has 0 bridgehead atoms. The van der Waals surface area contributed by atoms with Crippen LogP contribution in [0.3, 0.4) is 0 Å². The fourth-order valence-electron chi connectivity index (χ4n) is 1.82. The molecule has 10 heteroatoms. The van der Waals surface area contributed by atoms with Gasteiger partial charge in [-0.2, -0.15) is 0 Å². The van der Waals surface area contributed by atoms with Crippen molar-refractivity contribution in [1.29, 1.82) is 0 Å². The number of amides is 2. The number of aliphatic hydroxyl groups is 2. The SMILES string of the molecule is NC(=O)C1C(O)(C(=O)[O-])CC(=O)NC1(O)C(=O)[O-]. The highest BCUT2D eigenvalue weighted by Gasteiger charge is 2.60. The number of rotatable bonds is 3. The number of carboxylic acid groups (broad SMARTS) is 2. The summed E-state index contributed by atoms with van der Waals surface area (Å²) in [5.74, 6) is -10.3. The Morgan fingerprint density at radius 3 is 2.11 bits per heavy atom. The molecule has 1 heterocycles. The Labute approximate surface area is 99.0 Å². The van der Waals surface area contributed by atoms with Crippen LogP contribution in [0.15, 0.2) is 0 Å². The Morgan fingerprint density at radius 1 is 1.28 bits per heavy atom. The van der Waals surface area contributed by atoms with E-state index >= 15 is 0 Å². The molecule has 0 radical (unpaired) electrons. The van der Waals surface area contributed by atoms with Gasteiger partial charge in [-0.15, -0.1) is 0 Å². The van der Waals surface area contributed by atoms with Crippen LogP contribution >= 0.6 is 0 Å². The standard InChI is InChI=1S/C8H10N2O8/c9-4(12)3-7(17,5(13)14)1-2(11)10-8(3,18)6(15)16/h3,17-18H,1H2,(H2,9,12)(H,10,11)(H,13,14)(H,15,16)/p-2. The van der Waals surface area contributed by atoms with Gasteiger partial charge in [-0.05, 0) is 0 Å². The summed E-state index contributed by atoms with van der Waals surface area (Å²) >= 11 is 0. The summed E-state index contributed by atoms with van der Waals surface area (Å²) in [5.41, 5.74) is -1.93. The summed E-state index contributed by atoms with van der Waals surface area (Å²) in [7, 11) is 0. The van der Waals surface area contributed by atoms with Crippen LogP contribution < -0.4 is 21.3 Å². The molecular weight excluding hydrogens is 252 g/mol. The van der Waals surface area contributed by atoms with E-state index in [1.54, 1.807) is 0 Å². The maximum Gasteiger partial charge on any atom is 0.229 e. The number of aliphatic carboxylic acids is 2. The molecule has 0 aliphatic carbocycles. The van der Waals surface area contributed by atoms with E-state index in [0.29, 0.717) is 0 Å². The van der Waals surface area contributed by atoms with Gasteiger partial charge in [-0.25, -0.2) is 0 Å². The van der Waals surface area contributed by atoms with Crippen LogP contribution in [0.5, 0.6) is 0 Å². The van der Waals surface area contributed by atoms with Crippen molar-refractivity contribution >= 4 is 23.8 Å². The minimum Gasteiger partial charge on any atom is -0.547 e. The summed E-state index contributed by atoms with van der Waals surface area (Å²) in [6, 6.07) is 0. The van der Waals surface area contributed by atoms with Crippen LogP contribution in [0, 0.1) is 5.92 Å². The zero-order chi connectivity index (χ0) is 14.3. The van der Waals surface area contributed by atoms with Crippen LogP contribution in [-0.4, -0.2) is 45.3 Å². The first-order chi connectivity index (χ1) is 8.05. The van der Waals surface area contributed by atoms with E-state index in [2.05, 4.69) is 0 Å². The van der Waals surface area contributed by atoms with E-state index in [1.807, 2.05) is 0 Å². The number of nitrogens with one attached hydrogen (secondary N) is 1. The maximum absolute atomic E-state index is 11.1. The maximum atomic E-state index is 11.1. The van der Waals surface area contributed by atoms with E-state index in [0.717, 1.165) is 0 Å². The Balaban J connectivity index is 3.45. The van der Waals surface area contributed by atoms with Gasteiger partial charge in [0.1, 0.15) is 11.5 Å². The van der Waals surface area contributed by atoms with E-state index in [1.165, 1.54) is 5.32 Å². The molecule has 10 nitrogen and oxygen atoms in total. The van der Waals surface area contributed by atoms with Crippen LogP contribution in [-0.2, 0) is 19.2 Å². The molecule has 0 aromatic rings. The molecule has 0 aromatic carbocycles. The van der Waals surface area contributed by atoms with Crippen molar-refractivity contribution in [3.63, 3.8) is 0 Å². The third-order valence-corrected chi connectivity index (χ3v) is 2.60. The second kappa shape index (κ2) is 3.92. The first kappa shape index (κ1) is 13.9. The second-order valence-electron chi connectivity index (χ2n) is 3.83. The molecule has 0 saturated carbocycles. The number of hydrogen-bond acceptors (Lipinski definition) is 8. The van der Waals surface area contributed by atoms with E-state index in [9.17, 15) is 39.6 Å². The molecule has 3 unspecified atom stereocenters. The number of carbonyl (C=O) groups excluding carboxylic acids is 4. The molecule has 5 N–H and O–H groups in total. The van der Waals surface area contributed by atoms with Crippen molar-refractivity contribution in [2.24, 2.45) is 11.7 Å². The molecule has 1 saturated heterocycles. The van der Waals surface area contributed by atoms with Gasteiger partial charge < -0.3 is 41.1 Å². The highest BCUT2D eigenvalue weighted by molar-refractivity contribution is 6.00. The van der Waals surface area contributed by atoms with Crippen LogP contribution in [0.4, 0.5) is 0 Å². The van der Waals surface area contributed by atoms with Crippen molar-refractivity contribution in [2.45, 2.75) is 17.7 Å². The third-order valence-electron chi connectivity index (χ3n) is 2.60. The lowest BCUT2D eigenvalue weighted by Crippen LogP contribution is -2.78. The number of primary amides is 1. The molecule has 2 amide bonds. The van der Waals surface area contributed by atoms with Crippen molar-refractivity contribution in [3.8, 4) is 0 Å². The normalized spacial score (nSPS) is 35.7.